The van der Waals surface area contributed by atoms with Crippen LogP contribution < -0.4 is 0 Å². The summed E-state index contributed by atoms with van der Waals surface area (Å²) in [5.41, 5.74) is 6.95. The second kappa shape index (κ2) is 9.78. The number of allylic oxidation sites excluding steroid dienone is 11. The lowest BCUT2D eigenvalue weighted by Crippen LogP contribution is -2.30. The van der Waals surface area contributed by atoms with Gasteiger partial charge < -0.3 is 4.90 Å². The first-order valence-corrected chi connectivity index (χ1v) is 10.5. The zero-order chi connectivity index (χ0) is 19.9. The molecule has 0 spiro atoms. The third kappa shape index (κ3) is 5.03. The number of rotatable bonds is 5. The second-order valence-corrected chi connectivity index (χ2v) is 8.00. The van der Waals surface area contributed by atoms with E-state index in [2.05, 4.69) is 94.8 Å². The lowest BCUT2D eigenvalue weighted by molar-refractivity contribution is 0.355. The highest BCUT2D eigenvalue weighted by Gasteiger charge is 2.29. The van der Waals surface area contributed by atoms with Gasteiger partial charge in [0.15, 0.2) is 0 Å². The SMILES string of the molecule is C=C1/C=C\C=C/N(CCC)/C(=C/C=C2\CCCC(/C=C/C)=C2CC)C1(C)C. The molecule has 0 fully saturated rings. The van der Waals surface area contributed by atoms with Gasteiger partial charge in [0.25, 0.3) is 0 Å². The van der Waals surface area contributed by atoms with Crippen molar-refractivity contribution < 1.29 is 0 Å². The van der Waals surface area contributed by atoms with Gasteiger partial charge in [-0.3, -0.25) is 0 Å². The van der Waals surface area contributed by atoms with Crippen molar-refractivity contribution in [3.05, 3.63) is 83.3 Å². The van der Waals surface area contributed by atoms with Crippen LogP contribution in [0.5, 0.6) is 0 Å². The fraction of sp³-hybridized carbons (Fsp3) is 0.462. The van der Waals surface area contributed by atoms with Crippen molar-refractivity contribution in [1.29, 1.82) is 0 Å². The summed E-state index contributed by atoms with van der Waals surface area (Å²) in [6.07, 6.45) is 23.6. The van der Waals surface area contributed by atoms with E-state index in [-0.39, 0.29) is 5.41 Å². The van der Waals surface area contributed by atoms with E-state index >= 15 is 0 Å². The van der Waals surface area contributed by atoms with Gasteiger partial charge >= 0.3 is 0 Å². The first-order chi connectivity index (χ1) is 13.0. The Morgan fingerprint density at radius 2 is 1.93 bits per heavy atom. The first-order valence-electron chi connectivity index (χ1n) is 10.5. The van der Waals surface area contributed by atoms with Gasteiger partial charge in [0.05, 0.1) is 0 Å². The van der Waals surface area contributed by atoms with Crippen LogP contribution in [-0.4, -0.2) is 11.4 Å². The quantitative estimate of drug-likeness (QED) is 0.485. The second-order valence-electron chi connectivity index (χ2n) is 8.00. The Hall–Kier alpha value is -2.02. The predicted molar refractivity (Wildman–Crippen MR) is 120 cm³/mol. The van der Waals surface area contributed by atoms with Crippen LogP contribution in [0.4, 0.5) is 0 Å². The molecule has 0 aromatic carbocycles. The Morgan fingerprint density at radius 1 is 1.15 bits per heavy atom. The molecule has 0 radical (unpaired) electrons. The Bertz CT molecular complexity index is 719. The Labute approximate surface area is 167 Å². The van der Waals surface area contributed by atoms with E-state index in [1.54, 1.807) is 0 Å². The molecule has 0 N–H and O–H groups in total. The number of nitrogens with zero attached hydrogens (tertiary/aromatic N) is 1. The Balaban J connectivity index is 2.52. The highest BCUT2D eigenvalue weighted by atomic mass is 15.1. The van der Waals surface area contributed by atoms with Crippen LogP contribution in [0.15, 0.2) is 83.3 Å². The molecule has 1 heteroatoms. The van der Waals surface area contributed by atoms with Crippen LogP contribution in [0.2, 0.25) is 0 Å². The van der Waals surface area contributed by atoms with Crippen molar-refractivity contribution in [1.82, 2.24) is 4.90 Å². The summed E-state index contributed by atoms with van der Waals surface area (Å²) in [5, 5.41) is 0. The van der Waals surface area contributed by atoms with Gasteiger partial charge in [-0.15, -0.1) is 0 Å². The van der Waals surface area contributed by atoms with Crippen LogP contribution in [0.25, 0.3) is 0 Å². The summed E-state index contributed by atoms with van der Waals surface area (Å²) in [6.45, 7) is 16.6. The highest BCUT2D eigenvalue weighted by Crippen LogP contribution is 2.39. The summed E-state index contributed by atoms with van der Waals surface area (Å²) in [4.78, 5) is 2.40. The maximum atomic E-state index is 4.35. The van der Waals surface area contributed by atoms with Gasteiger partial charge in [0, 0.05) is 23.9 Å². The third-order valence-electron chi connectivity index (χ3n) is 5.72. The molecule has 0 unspecified atom stereocenters. The molecule has 0 atom stereocenters. The van der Waals surface area contributed by atoms with Crippen LogP contribution in [0, 0.1) is 5.41 Å². The molecular formula is C26H37N. The van der Waals surface area contributed by atoms with E-state index in [1.807, 2.05) is 0 Å². The minimum absolute atomic E-state index is 0.0929. The Morgan fingerprint density at radius 3 is 2.59 bits per heavy atom. The van der Waals surface area contributed by atoms with E-state index in [4.69, 9.17) is 0 Å². The molecule has 0 saturated heterocycles. The molecule has 1 aliphatic carbocycles. The average Bonchev–Trinajstić information content (AvgIpc) is 2.64. The fourth-order valence-corrected chi connectivity index (χ4v) is 4.06. The Kier molecular flexibility index (Phi) is 7.71. The number of hydrogen-bond acceptors (Lipinski definition) is 1. The smallest absolute Gasteiger partial charge is 0.0293 e. The summed E-state index contributed by atoms with van der Waals surface area (Å²) >= 11 is 0. The molecule has 0 bridgehead atoms. The van der Waals surface area contributed by atoms with Crippen molar-refractivity contribution >= 4 is 0 Å². The normalized spacial score (nSPS) is 26.0. The zero-order valence-electron chi connectivity index (χ0n) is 18.0. The number of hydrogen-bond donors (Lipinski definition) is 0. The first kappa shape index (κ1) is 21.3. The third-order valence-corrected chi connectivity index (χ3v) is 5.72. The van der Waals surface area contributed by atoms with Crippen LogP contribution in [0.1, 0.15) is 66.7 Å². The summed E-state index contributed by atoms with van der Waals surface area (Å²) in [7, 11) is 0. The van der Waals surface area contributed by atoms with Crippen LogP contribution >= 0.6 is 0 Å². The van der Waals surface area contributed by atoms with E-state index < -0.39 is 0 Å². The van der Waals surface area contributed by atoms with Gasteiger partial charge in [-0.1, -0.05) is 64.7 Å². The maximum Gasteiger partial charge on any atom is 0.0293 e. The van der Waals surface area contributed by atoms with Gasteiger partial charge in [-0.2, -0.15) is 0 Å². The maximum absolute atomic E-state index is 4.35. The molecular weight excluding hydrogens is 326 g/mol. The molecule has 146 valence electrons. The molecule has 27 heavy (non-hydrogen) atoms. The highest BCUT2D eigenvalue weighted by molar-refractivity contribution is 5.45. The molecule has 1 heterocycles. The molecule has 0 amide bonds. The lowest BCUT2D eigenvalue weighted by Gasteiger charge is -2.37. The van der Waals surface area contributed by atoms with E-state index in [0.29, 0.717) is 0 Å². The summed E-state index contributed by atoms with van der Waals surface area (Å²) in [6, 6.07) is 0. The molecule has 1 aliphatic heterocycles. The van der Waals surface area contributed by atoms with Crippen molar-refractivity contribution in [3.63, 3.8) is 0 Å². The van der Waals surface area contributed by atoms with E-state index in [9.17, 15) is 0 Å². The minimum atomic E-state index is -0.0929. The molecule has 1 nitrogen and oxygen atoms in total. The summed E-state index contributed by atoms with van der Waals surface area (Å²) in [5.74, 6) is 0. The van der Waals surface area contributed by atoms with Gasteiger partial charge in [0.1, 0.15) is 0 Å². The van der Waals surface area contributed by atoms with E-state index in [1.165, 1.54) is 41.7 Å². The van der Waals surface area contributed by atoms with Gasteiger partial charge in [-0.05, 0) is 73.5 Å². The average molecular weight is 364 g/mol. The molecule has 0 aromatic rings. The largest absolute Gasteiger partial charge is 0.351 e. The molecule has 0 saturated carbocycles. The van der Waals surface area contributed by atoms with E-state index in [0.717, 1.165) is 25.0 Å². The van der Waals surface area contributed by atoms with Crippen LogP contribution in [0.3, 0.4) is 0 Å². The van der Waals surface area contributed by atoms with Crippen LogP contribution in [-0.2, 0) is 0 Å². The standard InChI is InChI=1S/C26H37N/c1-7-13-22-15-12-16-23(24(22)9-3)17-18-25-26(5,6)21(4)14-10-11-20-27(25)19-8-2/h7,10-11,13-14,17-18,20H,4,8-9,12,15-16,19H2,1-3,5-6H3/b13-7+,14-10-,20-11-,23-17+,25-18+. The minimum Gasteiger partial charge on any atom is -0.351 e. The van der Waals surface area contributed by atoms with Crippen molar-refractivity contribution in [3.8, 4) is 0 Å². The topological polar surface area (TPSA) is 3.24 Å². The zero-order valence-corrected chi connectivity index (χ0v) is 18.0. The molecule has 0 aromatic heterocycles. The molecule has 2 rings (SSSR count). The van der Waals surface area contributed by atoms with Crippen molar-refractivity contribution in [2.24, 2.45) is 5.41 Å². The predicted octanol–water partition coefficient (Wildman–Crippen LogP) is 7.64. The van der Waals surface area contributed by atoms with Crippen molar-refractivity contribution in [2.75, 3.05) is 6.54 Å². The monoisotopic (exact) mass is 363 g/mol. The fourth-order valence-electron chi connectivity index (χ4n) is 4.06. The lowest BCUT2D eigenvalue weighted by atomic mass is 9.79. The molecule has 2 aliphatic rings. The van der Waals surface area contributed by atoms with Crippen molar-refractivity contribution in [2.45, 2.75) is 66.7 Å². The van der Waals surface area contributed by atoms with Gasteiger partial charge in [0.2, 0.25) is 0 Å². The summed E-state index contributed by atoms with van der Waals surface area (Å²) < 4.78 is 0. The van der Waals surface area contributed by atoms with Gasteiger partial charge in [-0.25, -0.2) is 0 Å².